The number of benzene rings is 2. The van der Waals surface area contributed by atoms with E-state index in [0.717, 1.165) is 37.9 Å². The molecule has 2 heterocycles. The van der Waals surface area contributed by atoms with Crippen LogP contribution in [0.5, 0.6) is 17.2 Å². The van der Waals surface area contributed by atoms with Crippen molar-refractivity contribution < 1.29 is 33.6 Å². The van der Waals surface area contributed by atoms with Gasteiger partial charge in [0.05, 0.1) is 45.7 Å². The summed E-state index contributed by atoms with van der Waals surface area (Å²) in [5, 5.41) is 11.5. The lowest BCUT2D eigenvalue weighted by molar-refractivity contribution is -0.140. The highest BCUT2D eigenvalue weighted by molar-refractivity contribution is 6.46. The zero-order chi connectivity index (χ0) is 28.6. The SMILES string of the molecule is CCCCCOc1ccc(C2/C(=C(\O)c3ccc(OC)cc3C)C(=O)C(=O)N2CCN2CCOCC2)cc1OC. The molecular weight excluding hydrogens is 512 g/mol. The van der Waals surface area contributed by atoms with E-state index in [0.29, 0.717) is 61.3 Å². The van der Waals surface area contributed by atoms with Crippen LogP contribution in [-0.4, -0.2) is 86.8 Å². The molecule has 0 spiro atoms. The maximum absolute atomic E-state index is 13.5. The second-order valence-corrected chi connectivity index (χ2v) is 10.1. The Morgan fingerprint density at radius 1 is 1.00 bits per heavy atom. The molecule has 0 bridgehead atoms. The summed E-state index contributed by atoms with van der Waals surface area (Å²) in [6, 6.07) is 9.86. The molecule has 2 saturated heterocycles. The number of likely N-dealkylation sites (tertiary alicyclic amines) is 1. The molecule has 1 atom stereocenters. The molecule has 0 aliphatic carbocycles. The number of carbonyl (C=O) groups is 2. The third-order valence-corrected chi connectivity index (χ3v) is 7.50. The fourth-order valence-corrected chi connectivity index (χ4v) is 5.21. The topological polar surface area (TPSA) is 97.8 Å². The van der Waals surface area contributed by atoms with Gasteiger partial charge in [0.2, 0.25) is 0 Å². The molecule has 1 amide bonds. The fraction of sp³-hybridized carbons (Fsp3) is 0.484. The van der Waals surface area contributed by atoms with Crippen LogP contribution in [0.3, 0.4) is 0 Å². The Balaban J connectivity index is 1.74. The quantitative estimate of drug-likeness (QED) is 0.180. The molecule has 4 rings (SSSR count). The van der Waals surface area contributed by atoms with E-state index < -0.39 is 17.7 Å². The Labute approximate surface area is 236 Å². The van der Waals surface area contributed by atoms with Crippen LogP contribution in [-0.2, 0) is 14.3 Å². The Morgan fingerprint density at radius 2 is 1.77 bits per heavy atom. The third kappa shape index (κ3) is 6.42. The summed E-state index contributed by atoms with van der Waals surface area (Å²) in [4.78, 5) is 30.7. The summed E-state index contributed by atoms with van der Waals surface area (Å²) in [7, 11) is 3.13. The summed E-state index contributed by atoms with van der Waals surface area (Å²) < 4.78 is 22.4. The van der Waals surface area contributed by atoms with Crippen LogP contribution in [0.1, 0.15) is 48.9 Å². The standard InChI is InChI=1S/C31H40N2O7/c1-5-6-7-16-40-25-11-8-22(20-26(25)38-4)28-27(29(34)24-10-9-23(37-3)19-21(24)2)30(35)31(36)33(28)13-12-32-14-17-39-18-15-32/h8-11,19-20,28,34H,5-7,12-18H2,1-4H3/b29-27+. The molecule has 2 aliphatic rings. The number of aliphatic hydroxyl groups excluding tert-OH is 1. The van der Waals surface area contributed by atoms with Crippen molar-refractivity contribution in [3.8, 4) is 17.2 Å². The molecular formula is C31H40N2O7. The van der Waals surface area contributed by atoms with Crippen LogP contribution in [0.15, 0.2) is 42.0 Å². The Kier molecular flexibility index (Phi) is 10.1. The molecule has 0 radical (unpaired) electrons. The van der Waals surface area contributed by atoms with Crippen molar-refractivity contribution in [2.75, 3.05) is 60.2 Å². The molecule has 1 N–H and O–H groups in total. The number of carbonyl (C=O) groups excluding carboxylic acids is 2. The number of aryl methyl sites for hydroxylation is 1. The van der Waals surface area contributed by atoms with Gasteiger partial charge < -0.3 is 29.0 Å². The van der Waals surface area contributed by atoms with Gasteiger partial charge in [-0.05, 0) is 54.8 Å². The summed E-state index contributed by atoms with van der Waals surface area (Å²) in [6.07, 6.45) is 3.10. The van der Waals surface area contributed by atoms with Crippen LogP contribution in [0, 0.1) is 6.92 Å². The zero-order valence-corrected chi connectivity index (χ0v) is 23.9. The van der Waals surface area contributed by atoms with Crippen LogP contribution in [0.4, 0.5) is 0 Å². The van der Waals surface area contributed by atoms with Crippen LogP contribution in [0.25, 0.3) is 5.76 Å². The van der Waals surface area contributed by atoms with Gasteiger partial charge in [0.15, 0.2) is 11.5 Å². The van der Waals surface area contributed by atoms with Gasteiger partial charge in [0, 0.05) is 31.7 Å². The first-order valence-electron chi connectivity index (χ1n) is 13.9. The lowest BCUT2D eigenvalue weighted by atomic mass is 9.93. The first-order chi connectivity index (χ1) is 19.4. The van der Waals surface area contributed by atoms with Crippen molar-refractivity contribution in [3.63, 3.8) is 0 Å². The summed E-state index contributed by atoms with van der Waals surface area (Å²) in [6.45, 7) is 8.24. The zero-order valence-electron chi connectivity index (χ0n) is 23.9. The second-order valence-electron chi connectivity index (χ2n) is 10.1. The summed E-state index contributed by atoms with van der Waals surface area (Å²) in [5.41, 5.74) is 1.91. The summed E-state index contributed by atoms with van der Waals surface area (Å²) in [5.74, 6) is 0.183. The molecule has 9 heteroatoms. The number of amides is 1. The Hall–Kier alpha value is -3.56. The van der Waals surface area contributed by atoms with Crippen molar-refractivity contribution in [1.82, 2.24) is 9.80 Å². The van der Waals surface area contributed by atoms with Crippen molar-refractivity contribution in [3.05, 3.63) is 58.7 Å². The number of ketones is 1. The minimum absolute atomic E-state index is 0.0545. The van der Waals surface area contributed by atoms with Gasteiger partial charge in [-0.15, -0.1) is 0 Å². The van der Waals surface area contributed by atoms with Gasteiger partial charge in [-0.3, -0.25) is 14.5 Å². The average molecular weight is 553 g/mol. The van der Waals surface area contributed by atoms with E-state index in [2.05, 4.69) is 11.8 Å². The number of unbranched alkanes of at least 4 members (excludes halogenated alkanes) is 2. The normalized spacial score (nSPS) is 19.2. The molecule has 2 aromatic carbocycles. The number of methoxy groups -OCH3 is 2. The monoisotopic (exact) mass is 552 g/mol. The van der Waals surface area contributed by atoms with Gasteiger partial charge in [-0.25, -0.2) is 0 Å². The summed E-state index contributed by atoms with van der Waals surface area (Å²) >= 11 is 0. The molecule has 2 aliphatic heterocycles. The van der Waals surface area contributed by atoms with Crippen molar-refractivity contribution >= 4 is 17.4 Å². The molecule has 0 saturated carbocycles. The molecule has 2 aromatic rings. The van der Waals surface area contributed by atoms with Crippen LogP contribution < -0.4 is 14.2 Å². The average Bonchev–Trinajstić information content (AvgIpc) is 3.23. The Morgan fingerprint density at radius 3 is 2.45 bits per heavy atom. The number of hydrogen-bond acceptors (Lipinski definition) is 8. The number of hydrogen-bond donors (Lipinski definition) is 1. The Bertz CT molecular complexity index is 1240. The predicted molar refractivity (Wildman–Crippen MR) is 152 cm³/mol. The maximum Gasteiger partial charge on any atom is 0.295 e. The van der Waals surface area contributed by atoms with E-state index >= 15 is 0 Å². The first kappa shape index (κ1) is 29.4. The third-order valence-electron chi connectivity index (χ3n) is 7.50. The van der Waals surface area contributed by atoms with Gasteiger partial charge in [-0.2, -0.15) is 0 Å². The molecule has 9 nitrogen and oxygen atoms in total. The van der Waals surface area contributed by atoms with E-state index in [4.69, 9.17) is 18.9 Å². The number of aliphatic hydroxyl groups is 1. The van der Waals surface area contributed by atoms with Gasteiger partial charge in [0.1, 0.15) is 11.5 Å². The van der Waals surface area contributed by atoms with Gasteiger partial charge in [-0.1, -0.05) is 25.8 Å². The highest BCUT2D eigenvalue weighted by Crippen LogP contribution is 2.42. The van der Waals surface area contributed by atoms with Crippen molar-refractivity contribution in [1.29, 1.82) is 0 Å². The largest absolute Gasteiger partial charge is 0.507 e. The maximum atomic E-state index is 13.5. The first-order valence-corrected chi connectivity index (χ1v) is 13.9. The molecule has 2 fully saturated rings. The number of Topliss-reactive ketones (excluding diaryl/α,β-unsaturated/α-hetero) is 1. The van der Waals surface area contributed by atoms with Crippen molar-refractivity contribution in [2.24, 2.45) is 0 Å². The molecule has 216 valence electrons. The number of rotatable bonds is 12. The van der Waals surface area contributed by atoms with E-state index in [1.54, 1.807) is 49.5 Å². The predicted octanol–water partition coefficient (Wildman–Crippen LogP) is 4.34. The highest BCUT2D eigenvalue weighted by Gasteiger charge is 2.46. The van der Waals surface area contributed by atoms with Crippen LogP contribution >= 0.6 is 0 Å². The van der Waals surface area contributed by atoms with Crippen molar-refractivity contribution in [2.45, 2.75) is 39.2 Å². The number of nitrogens with zero attached hydrogens (tertiary/aromatic N) is 2. The van der Waals surface area contributed by atoms with E-state index in [1.165, 1.54) is 0 Å². The lowest BCUT2D eigenvalue weighted by Gasteiger charge is -2.31. The van der Waals surface area contributed by atoms with Crippen LogP contribution in [0.2, 0.25) is 0 Å². The molecule has 0 aromatic heterocycles. The van der Waals surface area contributed by atoms with Gasteiger partial charge in [0.25, 0.3) is 11.7 Å². The minimum Gasteiger partial charge on any atom is -0.507 e. The second kappa shape index (κ2) is 13.7. The lowest BCUT2D eigenvalue weighted by Crippen LogP contribution is -2.42. The van der Waals surface area contributed by atoms with E-state index in [-0.39, 0.29) is 11.3 Å². The molecule has 40 heavy (non-hydrogen) atoms. The minimum atomic E-state index is -0.786. The highest BCUT2D eigenvalue weighted by atomic mass is 16.5. The fourth-order valence-electron chi connectivity index (χ4n) is 5.21. The molecule has 1 unspecified atom stereocenters. The smallest absolute Gasteiger partial charge is 0.295 e. The number of ether oxygens (including phenoxy) is 4. The van der Waals surface area contributed by atoms with Gasteiger partial charge >= 0.3 is 0 Å². The van der Waals surface area contributed by atoms with E-state index in [1.807, 2.05) is 13.0 Å². The van der Waals surface area contributed by atoms with E-state index in [9.17, 15) is 14.7 Å². The number of morpholine rings is 1.